The molecule has 1 amide bonds. The van der Waals surface area contributed by atoms with E-state index in [2.05, 4.69) is 10.0 Å². The number of hydrogen-bond donors (Lipinski definition) is 2. The molecule has 0 saturated carbocycles. The minimum Gasteiger partial charge on any atom is -0.322 e. The number of rotatable bonds is 4. The van der Waals surface area contributed by atoms with E-state index >= 15 is 0 Å². The Bertz CT molecular complexity index is 867. The molecular formula is C15H14Cl2N2O3S. The van der Waals surface area contributed by atoms with Crippen LogP contribution >= 0.6 is 23.2 Å². The standard InChI is InChI=1S/C15H14Cl2N2O3S/c1-9-3-4-10(16)7-14(9)18-15(20)12-6-5-11(8-13(12)17)19-23(2,21)22/h3-8,19H,1-2H3,(H,18,20). The van der Waals surface area contributed by atoms with Crippen LogP contribution in [0.15, 0.2) is 36.4 Å². The molecule has 0 saturated heterocycles. The molecule has 0 radical (unpaired) electrons. The Balaban J connectivity index is 2.24. The van der Waals surface area contributed by atoms with Crippen molar-refractivity contribution in [3.63, 3.8) is 0 Å². The van der Waals surface area contributed by atoms with Gasteiger partial charge in [-0.25, -0.2) is 8.42 Å². The molecule has 0 spiro atoms. The molecule has 0 aliphatic rings. The lowest BCUT2D eigenvalue weighted by molar-refractivity contribution is 0.102. The van der Waals surface area contributed by atoms with Crippen molar-refractivity contribution < 1.29 is 13.2 Å². The lowest BCUT2D eigenvalue weighted by Gasteiger charge is -2.11. The Labute approximate surface area is 144 Å². The molecule has 0 aliphatic heterocycles. The highest BCUT2D eigenvalue weighted by Crippen LogP contribution is 2.25. The van der Waals surface area contributed by atoms with Crippen molar-refractivity contribution in [3.8, 4) is 0 Å². The maximum absolute atomic E-state index is 12.3. The quantitative estimate of drug-likeness (QED) is 0.853. The van der Waals surface area contributed by atoms with Crippen molar-refractivity contribution in [3.05, 3.63) is 57.6 Å². The van der Waals surface area contributed by atoms with Gasteiger partial charge in [0.2, 0.25) is 10.0 Å². The molecule has 0 unspecified atom stereocenters. The zero-order valence-electron chi connectivity index (χ0n) is 12.4. The maximum atomic E-state index is 12.3. The molecule has 2 aromatic carbocycles. The van der Waals surface area contributed by atoms with Crippen LogP contribution in [0.1, 0.15) is 15.9 Å². The summed E-state index contributed by atoms with van der Waals surface area (Å²) in [6.07, 6.45) is 1.03. The first kappa shape index (κ1) is 17.6. The Hall–Kier alpha value is -1.76. The fraction of sp³-hybridized carbons (Fsp3) is 0.133. The van der Waals surface area contributed by atoms with Gasteiger partial charge in [0.25, 0.3) is 5.91 Å². The lowest BCUT2D eigenvalue weighted by atomic mass is 10.1. The largest absolute Gasteiger partial charge is 0.322 e. The molecule has 0 atom stereocenters. The van der Waals surface area contributed by atoms with E-state index in [1.54, 1.807) is 18.2 Å². The van der Waals surface area contributed by atoms with Crippen LogP contribution in [0.3, 0.4) is 0 Å². The maximum Gasteiger partial charge on any atom is 0.257 e. The monoisotopic (exact) mass is 372 g/mol. The first-order valence-electron chi connectivity index (χ1n) is 6.50. The Morgan fingerprint density at radius 1 is 1.09 bits per heavy atom. The number of sulfonamides is 1. The average molecular weight is 373 g/mol. The second-order valence-corrected chi connectivity index (χ2v) is 7.57. The molecule has 23 heavy (non-hydrogen) atoms. The Morgan fingerprint density at radius 3 is 2.39 bits per heavy atom. The summed E-state index contributed by atoms with van der Waals surface area (Å²) in [6, 6.07) is 9.45. The van der Waals surface area contributed by atoms with Gasteiger partial charge in [0, 0.05) is 16.4 Å². The second kappa shape index (κ2) is 6.78. The number of hydrogen-bond acceptors (Lipinski definition) is 3. The molecule has 0 bridgehead atoms. The van der Waals surface area contributed by atoms with Crippen molar-refractivity contribution in [1.82, 2.24) is 0 Å². The number of nitrogens with one attached hydrogen (secondary N) is 2. The highest BCUT2D eigenvalue weighted by molar-refractivity contribution is 7.92. The summed E-state index contributed by atoms with van der Waals surface area (Å²) >= 11 is 12.0. The lowest BCUT2D eigenvalue weighted by Crippen LogP contribution is -2.14. The zero-order valence-corrected chi connectivity index (χ0v) is 14.7. The third-order valence-electron chi connectivity index (χ3n) is 2.96. The van der Waals surface area contributed by atoms with E-state index in [-0.39, 0.29) is 16.3 Å². The molecule has 122 valence electrons. The summed E-state index contributed by atoms with van der Waals surface area (Å²) in [6.45, 7) is 1.84. The van der Waals surface area contributed by atoms with Crippen LogP contribution in [0.4, 0.5) is 11.4 Å². The summed E-state index contributed by atoms with van der Waals surface area (Å²) in [4.78, 5) is 12.3. The summed E-state index contributed by atoms with van der Waals surface area (Å²) in [7, 11) is -3.41. The van der Waals surface area contributed by atoms with Crippen molar-refractivity contribution in [1.29, 1.82) is 0 Å². The number of benzene rings is 2. The van der Waals surface area contributed by atoms with Crippen molar-refractivity contribution in [2.75, 3.05) is 16.3 Å². The van der Waals surface area contributed by atoms with Gasteiger partial charge in [-0.3, -0.25) is 9.52 Å². The van der Waals surface area contributed by atoms with E-state index in [9.17, 15) is 13.2 Å². The van der Waals surface area contributed by atoms with E-state index in [0.29, 0.717) is 10.7 Å². The topological polar surface area (TPSA) is 75.3 Å². The van der Waals surface area contributed by atoms with Crippen molar-refractivity contribution in [2.45, 2.75) is 6.92 Å². The molecule has 0 aliphatic carbocycles. The normalized spacial score (nSPS) is 11.1. The third kappa shape index (κ3) is 4.86. The molecule has 0 heterocycles. The van der Waals surface area contributed by atoms with Crippen LogP contribution in [0.5, 0.6) is 0 Å². The predicted octanol–water partition coefficient (Wildman–Crippen LogP) is 3.93. The minimum atomic E-state index is -3.41. The number of amides is 1. The Morgan fingerprint density at radius 2 is 1.78 bits per heavy atom. The molecule has 5 nitrogen and oxygen atoms in total. The number of halogens is 2. The number of carbonyl (C=O) groups is 1. The molecule has 2 aromatic rings. The summed E-state index contributed by atoms with van der Waals surface area (Å²) < 4.78 is 24.7. The average Bonchev–Trinajstić information content (AvgIpc) is 2.41. The second-order valence-electron chi connectivity index (χ2n) is 4.98. The van der Waals surface area contributed by atoms with Gasteiger partial charge in [-0.05, 0) is 42.8 Å². The van der Waals surface area contributed by atoms with Gasteiger partial charge in [0.05, 0.1) is 16.8 Å². The SMILES string of the molecule is Cc1ccc(Cl)cc1NC(=O)c1ccc(NS(C)(=O)=O)cc1Cl. The number of carbonyl (C=O) groups excluding carboxylic acids is 1. The predicted molar refractivity (Wildman–Crippen MR) is 94.1 cm³/mol. The van der Waals surface area contributed by atoms with E-state index in [4.69, 9.17) is 23.2 Å². The fourth-order valence-electron chi connectivity index (χ4n) is 1.90. The van der Waals surface area contributed by atoms with Gasteiger partial charge in [-0.2, -0.15) is 0 Å². The van der Waals surface area contributed by atoms with Crippen LogP contribution in [0.2, 0.25) is 10.0 Å². The van der Waals surface area contributed by atoms with E-state index in [1.807, 2.05) is 6.92 Å². The third-order valence-corrected chi connectivity index (χ3v) is 4.12. The fourth-order valence-corrected chi connectivity index (χ4v) is 2.89. The van der Waals surface area contributed by atoms with Gasteiger partial charge in [-0.15, -0.1) is 0 Å². The summed E-state index contributed by atoms with van der Waals surface area (Å²) in [5, 5.41) is 3.37. The van der Waals surface area contributed by atoms with Crippen LogP contribution in [-0.4, -0.2) is 20.6 Å². The zero-order chi connectivity index (χ0) is 17.2. The van der Waals surface area contributed by atoms with Crippen molar-refractivity contribution in [2.24, 2.45) is 0 Å². The summed E-state index contributed by atoms with van der Waals surface area (Å²) in [5.41, 5.74) is 1.95. The van der Waals surface area contributed by atoms with Gasteiger partial charge in [0.15, 0.2) is 0 Å². The summed E-state index contributed by atoms with van der Waals surface area (Å²) in [5.74, 6) is -0.411. The van der Waals surface area contributed by atoms with Gasteiger partial charge < -0.3 is 5.32 Å². The smallest absolute Gasteiger partial charge is 0.257 e. The van der Waals surface area contributed by atoms with Crippen molar-refractivity contribution >= 4 is 50.5 Å². The van der Waals surface area contributed by atoms with Crippen LogP contribution < -0.4 is 10.0 Å². The number of anilines is 2. The highest BCUT2D eigenvalue weighted by Gasteiger charge is 2.13. The van der Waals surface area contributed by atoms with Crippen LogP contribution in [0, 0.1) is 6.92 Å². The highest BCUT2D eigenvalue weighted by atomic mass is 35.5. The molecule has 0 fully saturated rings. The number of aryl methyl sites for hydroxylation is 1. The first-order valence-corrected chi connectivity index (χ1v) is 9.15. The van der Waals surface area contributed by atoms with E-state index in [1.165, 1.54) is 18.2 Å². The molecular weight excluding hydrogens is 359 g/mol. The van der Waals surface area contributed by atoms with Gasteiger partial charge in [-0.1, -0.05) is 29.3 Å². The van der Waals surface area contributed by atoms with Crippen LogP contribution in [0.25, 0.3) is 0 Å². The van der Waals surface area contributed by atoms with Gasteiger partial charge >= 0.3 is 0 Å². The first-order chi connectivity index (χ1) is 10.7. The van der Waals surface area contributed by atoms with E-state index < -0.39 is 15.9 Å². The molecule has 0 aromatic heterocycles. The Kier molecular flexibility index (Phi) is 5.19. The van der Waals surface area contributed by atoms with E-state index in [0.717, 1.165) is 11.8 Å². The molecule has 8 heteroatoms. The minimum absolute atomic E-state index is 0.135. The molecule has 2 N–H and O–H groups in total. The van der Waals surface area contributed by atoms with Crippen LogP contribution in [-0.2, 0) is 10.0 Å². The van der Waals surface area contributed by atoms with Gasteiger partial charge in [0.1, 0.15) is 0 Å². The molecule has 2 rings (SSSR count).